The van der Waals surface area contributed by atoms with Crippen LogP contribution in [0.3, 0.4) is 0 Å². The summed E-state index contributed by atoms with van der Waals surface area (Å²) < 4.78 is 36.5. The third kappa shape index (κ3) is 5.53. The van der Waals surface area contributed by atoms with Crippen LogP contribution in [0.25, 0.3) is 0 Å². The highest BCUT2D eigenvalue weighted by Gasteiger charge is 2.40. The van der Waals surface area contributed by atoms with Crippen molar-refractivity contribution in [3.63, 3.8) is 0 Å². The first kappa shape index (κ1) is 23.6. The molecule has 0 heterocycles. The highest BCUT2D eigenvalue weighted by molar-refractivity contribution is 7.84. The molecule has 0 bridgehead atoms. The van der Waals surface area contributed by atoms with Crippen LogP contribution >= 0.6 is 11.6 Å². The van der Waals surface area contributed by atoms with E-state index >= 15 is 4.39 Å². The van der Waals surface area contributed by atoms with Gasteiger partial charge in [0.05, 0.1) is 20.8 Å². The van der Waals surface area contributed by atoms with E-state index in [2.05, 4.69) is 38.6 Å². The summed E-state index contributed by atoms with van der Waals surface area (Å²) in [4.78, 5) is 0. The van der Waals surface area contributed by atoms with Gasteiger partial charge in [0.15, 0.2) is 11.6 Å². The molecule has 0 spiro atoms. The molecule has 0 aliphatic rings. The lowest BCUT2D eigenvalue weighted by Crippen LogP contribution is -2.44. The molecule has 1 rings (SSSR count). The summed E-state index contributed by atoms with van der Waals surface area (Å²) in [5.41, 5.74) is 0.434. The molecule has 1 aromatic carbocycles. The summed E-state index contributed by atoms with van der Waals surface area (Å²) >= 11 is 6.26. The second-order valence-electron chi connectivity index (χ2n) is 9.10. The molecule has 7 heteroatoms. The Morgan fingerprint density at radius 1 is 1.23 bits per heavy atom. The molecule has 0 aliphatic heterocycles. The van der Waals surface area contributed by atoms with Gasteiger partial charge in [0, 0.05) is 11.6 Å². The lowest BCUT2D eigenvalue weighted by molar-refractivity contribution is 0.446. The monoisotopic (exact) mass is 421 g/mol. The molecule has 0 aromatic heterocycles. The largest absolute Gasteiger partial charge is 0.541 e. The fourth-order valence-electron chi connectivity index (χ4n) is 1.99. The van der Waals surface area contributed by atoms with E-state index in [1.807, 2.05) is 27.7 Å². The molecule has 0 aliphatic carbocycles. The van der Waals surface area contributed by atoms with Gasteiger partial charge in [-0.15, -0.1) is 0 Å². The van der Waals surface area contributed by atoms with Crippen LogP contribution in [0.5, 0.6) is 5.75 Å². The molecule has 150 valence electrons. The van der Waals surface area contributed by atoms with Crippen molar-refractivity contribution in [1.82, 2.24) is 4.72 Å². The average molecular weight is 422 g/mol. The van der Waals surface area contributed by atoms with E-state index in [1.165, 1.54) is 0 Å². The van der Waals surface area contributed by atoms with E-state index in [0.717, 1.165) is 0 Å². The maximum absolute atomic E-state index is 15.3. The van der Waals surface area contributed by atoms with Crippen LogP contribution < -0.4 is 9.15 Å². The predicted molar refractivity (Wildman–Crippen MR) is 113 cm³/mol. The van der Waals surface area contributed by atoms with Gasteiger partial charge in [0.1, 0.15) is 0 Å². The minimum atomic E-state index is -2.24. The normalized spacial score (nSPS) is 15.7. The van der Waals surface area contributed by atoms with Crippen LogP contribution in [-0.2, 0) is 11.0 Å². The Morgan fingerprint density at radius 2 is 1.77 bits per heavy atom. The Bertz CT molecular complexity index is 669. The molecule has 26 heavy (non-hydrogen) atoms. The van der Waals surface area contributed by atoms with Gasteiger partial charge in [-0.2, -0.15) is 0 Å². The smallest absolute Gasteiger partial charge is 0.250 e. The molecule has 3 nitrogen and oxygen atoms in total. The van der Waals surface area contributed by atoms with Crippen LogP contribution in [0.2, 0.25) is 23.2 Å². The first-order valence-electron chi connectivity index (χ1n) is 8.96. The summed E-state index contributed by atoms with van der Waals surface area (Å²) in [6.45, 7) is 18.0. The van der Waals surface area contributed by atoms with Gasteiger partial charge in [-0.3, -0.25) is 0 Å². The van der Waals surface area contributed by atoms with Crippen molar-refractivity contribution in [2.75, 3.05) is 0 Å². The topological polar surface area (TPSA) is 38.3 Å². The lowest BCUT2D eigenvalue weighted by Gasteiger charge is -2.37. The van der Waals surface area contributed by atoms with Gasteiger partial charge in [-0.25, -0.2) is 13.3 Å². The Morgan fingerprint density at radius 3 is 2.19 bits per heavy atom. The summed E-state index contributed by atoms with van der Waals surface area (Å²) in [7, 11) is -3.55. The fraction of sp³-hybridized carbons (Fsp3) is 0.684. The number of hydrogen-bond acceptors (Lipinski definition) is 2. The highest BCUT2D eigenvalue weighted by atomic mass is 35.5. The van der Waals surface area contributed by atoms with Crippen molar-refractivity contribution in [3.8, 4) is 5.75 Å². The van der Waals surface area contributed by atoms with Crippen molar-refractivity contribution in [3.05, 3.63) is 28.5 Å². The quantitative estimate of drug-likeness (QED) is 0.542. The standard InChI is InChI=1S/C19H33ClFNO2SSi/c1-10-15(22-25(23)18(2,3)4)13-11-12-14(20)17(16(13)21)24-26(8,9)19(5,6)7/h11-12,15,22H,10H2,1-9H3/t15-,25-/m1/s1. The van der Waals surface area contributed by atoms with E-state index in [-0.39, 0.29) is 21.9 Å². The zero-order chi connectivity index (χ0) is 20.5. The second kappa shape index (κ2) is 8.29. The highest BCUT2D eigenvalue weighted by Crippen LogP contribution is 2.41. The molecule has 0 amide bonds. The van der Waals surface area contributed by atoms with Gasteiger partial charge in [-0.05, 0) is 51.4 Å². The molecular weight excluding hydrogens is 389 g/mol. The van der Waals surface area contributed by atoms with Crippen LogP contribution in [0, 0.1) is 5.82 Å². The van der Waals surface area contributed by atoms with Crippen molar-refractivity contribution in [2.24, 2.45) is 0 Å². The average Bonchev–Trinajstić information content (AvgIpc) is 2.47. The summed E-state index contributed by atoms with van der Waals surface area (Å²) in [5.74, 6) is -0.356. The third-order valence-corrected chi connectivity index (χ3v) is 11.1. The molecule has 2 atom stereocenters. The third-order valence-electron chi connectivity index (χ3n) is 4.83. The van der Waals surface area contributed by atoms with Crippen molar-refractivity contribution >= 4 is 30.9 Å². The maximum atomic E-state index is 15.3. The first-order valence-corrected chi connectivity index (χ1v) is 13.4. The molecular formula is C19H33ClFNO2SSi. The van der Waals surface area contributed by atoms with Crippen molar-refractivity contribution in [1.29, 1.82) is 0 Å². The minimum Gasteiger partial charge on any atom is -0.541 e. The van der Waals surface area contributed by atoms with E-state index < -0.39 is 29.9 Å². The Kier molecular flexibility index (Phi) is 7.53. The molecule has 1 N–H and O–H groups in total. The van der Waals surface area contributed by atoms with Gasteiger partial charge < -0.3 is 4.43 Å². The molecule has 0 radical (unpaired) electrons. The van der Waals surface area contributed by atoms with E-state index in [4.69, 9.17) is 16.0 Å². The van der Waals surface area contributed by atoms with Crippen molar-refractivity contribution < 1.29 is 13.0 Å². The zero-order valence-corrected chi connectivity index (χ0v) is 20.0. The fourth-order valence-corrected chi connectivity index (χ4v) is 4.16. The van der Waals surface area contributed by atoms with Gasteiger partial charge in [-0.1, -0.05) is 45.4 Å². The molecule has 0 unspecified atom stereocenters. The predicted octanol–water partition coefficient (Wildman–Crippen LogP) is 6.37. The summed E-state index contributed by atoms with van der Waals surface area (Å²) in [6, 6.07) is 2.93. The lowest BCUT2D eigenvalue weighted by atomic mass is 10.0. The van der Waals surface area contributed by atoms with Gasteiger partial charge in [0.2, 0.25) is 0 Å². The van der Waals surface area contributed by atoms with E-state index in [1.54, 1.807) is 12.1 Å². The number of halogens is 2. The number of benzene rings is 1. The summed E-state index contributed by atoms with van der Waals surface area (Å²) in [5, 5.41) is 0.192. The first-order chi connectivity index (χ1) is 11.6. The molecule has 0 saturated heterocycles. The summed E-state index contributed by atoms with van der Waals surface area (Å²) in [6.07, 6.45) is 0.597. The second-order valence-corrected chi connectivity index (χ2v) is 16.2. The van der Waals surface area contributed by atoms with Crippen LogP contribution in [-0.4, -0.2) is 17.3 Å². The number of rotatable bonds is 6. The Hall–Kier alpha value is -0.433. The van der Waals surface area contributed by atoms with Crippen LogP contribution in [0.4, 0.5) is 4.39 Å². The van der Waals surface area contributed by atoms with E-state index in [0.29, 0.717) is 12.0 Å². The Balaban J connectivity index is 3.29. The van der Waals surface area contributed by atoms with Crippen LogP contribution in [0.15, 0.2) is 12.1 Å². The Labute approximate surface area is 166 Å². The number of nitrogens with one attached hydrogen (secondary N) is 1. The van der Waals surface area contributed by atoms with Gasteiger partial charge in [0.25, 0.3) is 8.32 Å². The minimum absolute atomic E-state index is 0.0745. The van der Waals surface area contributed by atoms with E-state index in [9.17, 15) is 4.21 Å². The molecule has 0 saturated carbocycles. The SMILES string of the molecule is CC[C@@H](N[S@](=O)C(C)(C)C)c1ccc(Cl)c(O[Si](C)(C)C(C)(C)C)c1F. The van der Waals surface area contributed by atoms with Crippen LogP contribution in [0.1, 0.15) is 66.5 Å². The molecule has 1 aromatic rings. The van der Waals surface area contributed by atoms with Crippen molar-refractivity contribution in [2.45, 2.75) is 83.8 Å². The zero-order valence-electron chi connectivity index (χ0n) is 17.4. The van der Waals surface area contributed by atoms with Gasteiger partial charge >= 0.3 is 0 Å². The number of hydrogen-bond donors (Lipinski definition) is 1. The molecule has 0 fully saturated rings. The maximum Gasteiger partial charge on any atom is 0.250 e.